The van der Waals surface area contributed by atoms with E-state index in [-0.39, 0.29) is 18.0 Å². The van der Waals surface area contributed by atoms with Gasteiger partial charge in [-0.2, -0.15) is 4.98 Å². The first-order valence-electron chi connectivity index (χ1n) is 10.4. The minimum atomic E-state index is -0.265. The van der Waals surface area contributed by atoms with Crippen LogP contribution >= 0.6 is 0 Å². The first-order valence-corrected chi connectivity index (χ1v) is 10.4. The van der Waals surface area contributed by atoms with E-state index in [1.54, 1.807) is 0 Å². The molecule has 0 N–H and O–H groups in total. The molecule has 148 valence electrons. The third kappa shape index (κ3) is 3.09. The molecule has 4 aliphatic carbocycles. The lowest BCUT2D eigenvalue weighted by Crippen LogP contribution is -2.50. The molecule has 1 heterocycles. The first kappa shape index (κ1) is 17.7. The van der Waals surface area contributed by atoms with Crippen LogP contribution in [0.15, 0.2) is 28.8 Å². The summed E-state index contributed by atoms with van der Waals surface area (Å²) in [4.78, 5) is 17.4. The van der Waals surface area contributed by atoms with E-state index >= 15 is 0 Å². The summed E-state index contributed by atoms with van der Waals surface area (Å²) in [7, 11) is 0. The maximum absolute atomic E-state index is 13.0. The highest BCUT2D eigenvalue weighted by molar-refractivity contribution is 5.77. The van der Waals surface area contributed by atoms with Crippen LogP contribution in [0.4, 0.5) is 0 Å². The predicted molar refractivity (Wildman–Crippen MR) is 101 cm³/mol. The number of rotatable bonds is 6. The third-order valence-corrected chi connectivity index (χ3v) is 6.69. The molecule has 4 fully saturated rings. The summed E-state index contributed by atoms with van der Waals surface area (Å²) in [5.41, 5.74) is 0.505. The molecule has 0 spiro atoms. The molecule has 28 heavy (non-hydrogen) atoms. The summed E-state index contributed by atoms with van der Waals surface area (Å²) in [5, 5.41) is 4.04. The van der Waals surface area contributed by atoms with Crippen molar-refractivity contribution >= 4 is 5.97 Å². The number of ether oxygens (including phenoxy) is 2. The highest BCUT2D eigenvalue weighted by Crippen LogP contribution is 2.60. The zero-order chi connectivity index (χ0) is 19.1. The monoisotopic (exact) mass is 382 g/mol. The smallest absolute Gasteiger partial charge is 0.312 e. The lowest BCUT2D eigenvalue weighted by molar-refractivity contribution is -0.173. The van der Waals surface area contributed by atoms with E-state index in [0.717, 1.165) is 24.8 Å². The fraction of sp³-hybridized carbons (Fsp3) is 0.591. The van der Waals surface area contributed by atoms with Gasteiger partial charge < -0.3 is 14.0 Å². The van der Waals surface area contributed by atoms with Crippen LogP contribution in [-0.4, -0.2) is 22.7 Å². The van der Waals surface area contributed by atoms with Crippen molar-refractivity contribution in [3.63, 3.8) is 0 Å². The molecule has 0 radical (unpaired) electrons. The van der Waals surface area contributed by atoms with Crippen LogP contribution in [0.1, 0.15) is 51.3 Å². The van der Waals surface area contributed by atoms with Crippen molar-refractivity contribution in [3.05, 3.63) is 30.2 Å². The molecule has 0 saturated heterocycles. The van der Waals surface area contributed by atoms with Gasteiger partial charge in [0.05, 0.1) is 17.6 Å². The zero-order valence-corrected chi connectivity index (χ0v) is 16.2. The molecule has 0 amide bonds. The lowest BCUT2D eigenvalue weighted by atomic mass is 9.49. The Labute approximate surface area is 164 Å². The van der Waals surface area contributed by atoms with Crippen LogP contribution in [0.3, 0.4) is 0 Å². The van der Waals surface area contributed by atoms with Gasteiger partial charge in [0.1, 0.15) is 5.75 Å². The molecule has 4 aliphatic rings. The Balaban J connectivity index is 1.27. The van der Waals surface area contributed by atoms with Crippen molar-refractivity contribution < 1.29 is 18.8 Å². The van der Waals surface area contributed by atoms with Gasteiger partial charge in [-0.15, -0.1) is 0 Å². The van der Waals surface area contributed by atoms with Crippen LogP contribution in [0.25, 0.3) is 11.4 Å². The number of para-hydroxylation sites is 1. The van der Waals surface area contributed by atoms with Gasteiger partial charge in [-0.25, -0.2) is 0 Å². The molecular weight excluding hydrogens is 356 g/mol. The average molecular weight is 382 g/mol. The summed E-state index contributed by atoms with van der Waals surface area (Å²) in [6, 6.07) is 7.58. The van der Waals surface area contributed by atoms with Gasteiger partial charge in [0, 0.05) is 0 Å². The van der Waals surface area contributed by atoms with E-state index in [1.807, 2.05) is 31.2 Å². The van der Waals surface area contributed by atoms with E-state index in [4.69, 9.17) is 14.0 Å². The molecule has 6 nitrogen and oxygen atoms in total. The molecule has 0 atom stereocenters. The molecule has 4 saturated carbocycles. The third-order valence-electron chi connectivity index (χ3n) is 6.69. The van der Waals surface area contributed by atoms with Crippen molar-refractivity contribution in [2.24, 2.45) is 23.2 Å². The quantitative estimate of drug-likeness (QED) is 0.690. The normalized spacial score (nSPS) is 30.4. The maximum Gasteiger partial charge on any atom is 0.312 e. The number of carbonyl (C=O) groups excluding carboxylic acids is 1. The fourth-order valence-corrected chi connectivity index (χ4v) is 6.00. The minimum absolute atomic E-state index is 0.0321. The number of benzene rings is 1. The highest BCUT2D eigenvalue weighted by Gasteiger charge is 2.55. The molecule has 6 heteroatoms. The summed E-state index contributed by atoms with van der Waals surface area (Å²) in [5.74, 6) is 3.55. The largest absolute Gasteiger partial charge is 0.493 e. The number of aromatic nitrogens is 2. The SMILES string of the molecule is CCOc1ccccc1-c1noc(COC(=O)C23CC4CC(CC(C4)C2)C3)n1. The van der Waals surface area contributed by atoms with Crippen LogP contribution in [0.2, 0.25) is 0 Å². The van der Waals surface area contributed by atoms with Gasteiger partial charge in [-0.1, -0.05) is 17.3 Å². The molecular formula is C22H26N2O4. The zero-order valence-electron chi connectivity index (χ0n) is 16.2. The average Bonchev–Trinajstić information content (AvgIpc) is 3.14. The summed E-state index contributed by atoms with van der Waals surface area (Å²) < 4.78 is 16.6. The molecule has 1 aromatic heterocycles. The fourth-order valence-electron chi connectivity index (χ4n) is 6.00. The van der Waals surface area contributed by atoms with Gasteiger partial charge in [0.2, 0.25) is 5.82 Å². The van der Waals surface area contributed by atoms with Gasteiger partial charge in [-0.05, 0) is 75.3 Å². The number of esters is 1. The van der Waals surface area contributed by atoms with Crippen LogP contribution < -0.4 is 4.74 Å². The molecule has 0 aliphatic heterocycles. The van der Waals surface area contributed by atoms with Gasteiger partial charge in [-0.3, -0.25) is 4.79 Å². The predicted octanol–water partition coefficient (Wildman–Crippen LogP) is 4.39. The standard InChI is InChI=1S/C22H26N2O4/c1-2-26-18-6-4-3-5-17(18)20-23-19(28-24-20)13-27-21(25)22-10-14-7-15(11-22)9-16(8-14)12-22/h3-6,14-16H,2,7-13H2,1H3. The van der Waals surface area contributed by atoms with Crippen molar-refractivity contribution in [1.29, 1.82) is 0 Å². The van der Waals surface area contributed by atoms with Gasteiger partial charge in [0.25, 0.3) is 5.89 Å². The minimum Gasteiger partial charge on any atom is -0.493 e. The van der Waals surface area contributed by atoms with E-state index in [0.29, 0.717) is 41.8 Å². The number of carbonyl (C=O) groups is 1. The van der Waals surface area contributed by atoms with Crippen molar-refractivity contribution in [2.45, 2.75) is 52.1 Å². The lowest BCUT2D eigenvalue weighted by Gasteiger charge is -2.55. The van der Waals surface area contributed by atoms with E-state index in [2.05, 4.69) is 10.1 Å². The molecule has 2 aromatic rings. The second-order valence-electron chi connectivity index (χ2n) is 8.71. The summed E-state index contributed by atoms with van der Waals surface area (Å²) in [6.07, 6.45) is 6.90. The number of hydrogen-bond acceptors (Lipinski definition) is 6. The van der Waals surface area contributed by atoms with Crippen molar-refractivity contribution in [1.82, 2.24) is 10.1 Å². The van der Waals surface area contributed by atoms with Crippen LogP contribution in [0, 0.1) is 23.2 Å². The molecule has 4 bridgehead atoms. The van der Waals surface area contributed by atoms with Crippen LogP contribution in [-0.2, 0) is 16.1 Å². The van der Waals surface area contributed by atoms with Crippen molar-refractivity contribution in [3.8, 4) is 17.1 Å². The van der Waals surface area contributed by atoms with E-state index in [1.165, 1.54) is 19.3 Å². The summed E-state index contributed by atoms with van der Waals surface area (Å²) >= 11 is 0. The maximum atomic E-state index is 13.0. The van der Waals surface area contributed by atoms with Crippen molar-refractivity contribution in [2.75, 3.05) is 6.61 Å². The second-order valence-corrected chi connectivity index (χ2v) is 8.71. The Hall–Kier alpha value is -2.37. The second kappa shape index (κ2) is 6.90. The topological polar surface area (TPSA) is 74.5 Å². The molecule has 1 aromatic carbocycles. The Kier molecular flexibility index (Phi) is 4.37. The summed E-state index contributed by atoms with van der Waals surface area (Å²) in [6.45, 7) is 2.52. The Morgan fingerprint density at radius 2 is 1.82 bits per heavy atom. The Bertz CT molecular complexity index is 840. The first-order chi connectivity index (χ1) is 13.6. The Morgan fingerprint density at radius 1 is 1.14 bits per heavy atom. The Morgan fingerprint density at radius 3 is 2.50 bits per heavy atom. The van der Waals surface area contributed by atoms with Gasteiger partial charge in [0.15, 0.2) is 6.61 Å². The van der Waals surface area contributed by atoms with E-state index in [9.17, 15) is 4.79 Å². The van der Waals surface area contributed by atoms with E-state index < -0.39 is 0 Å². The number of nitrogens with zero attached hydrogens (tertiary/aromatic N) is 2. The highest BCUT2D eigenvalue weighted by atomic mass is 16.6. The number of hydrogen-bond donors (Lipinski definition) is 0. The molecule has 6 rings (SSSR count). The van der Waals surface area contributed by atoms with Gasteiger partial charge >= 0.3 is 5.97 Å². The molecule has 0 unspecified atom stereocenters. The van der Waals surface area contributed by atoms with Crippen LogP contribution in [0.5, 0.6) is 5.75 Å².